The molecule has 1 aliphatic heterocycles. The lowest BCUT2D eigenvalue weighted by molar-refractivity contribution is -0.384. The molecule has 1 aromatic heterocycles. The molecule has 1 aliphatic rings. The standard InChI is InChI=1S/C29H30N6O7S/c1-3-41-23-9-11-24(12-10-23)42-29-26(21(2)32-34(29)22-7-5-4-6-8-22)20-30-31-27-14-13-25(19-28(27)35(36)37)43(38,39)33-15-17-40-18-16-33/h4-14,19-20,31H,3,15-18H2,1-2H3/b30-20+. The first-order chi connectivity index (χ1) is 20.8. The summed E-state index contributed by atoms with van der Waals surface area (Å²) in [6.45, 7) is 5.12. The third-order valence-corrected chi connectivity index (χ3v) is 8.46. The summed E-state index contributed by atoms with van der Waals surface area (Å²) in [7, 11) is -3.92. The molecule has 0 atom stereocenters. The van der Waals surface area contributed by atoms with Gasteiger partial charge in [-0.1, -0.05) is 18.2 Å². The predicted octanol–water partition coefficient (Wildman–Crippen LogP) is 4.75. The number of nitrogens with zero attached hydrogens (tertiary/aromatic N) is 5. The molecule has 5 rings (SSSR count). The minimum atomic E-state index is -3.92. The number of ether oxygens (including phenoxy) is 3. The number of aryl methyl sites for hydroxylation is 1. The molecule has 4 aromatic rings. The Morgan fingerprint density at radius 2 is 1.77 bits per heavy atom. The van der Waals surface area contributed by atoms with Gasteiger partial charge in [-0.25, -0.2) is 8.42 Å². The number of benzene rings is 3. The molecule has 3 aromatic carbocycles. The molecule has 0 radical (unpaired) electrons. The molecule has 0 unspecified atom stereocenters. The highest BCUT2D eigenvalue weighted by Gasteiger charge is 2.29. The van der Waals surface area contributed by atoms with Crippen molar-refractivity contribution in [3.63, 3.8) is 0 Å². The van der Waals surface area contributed by atoms with Gasteiger partial charge < -0.3 is 14.2 Å². The van der Waals surface area contributed by atoms with Gasteiger partial charge >= 0.3 is 0 Å². The van der Waals surface area contributed by atoms with Gasteiger partial charge in [-0.05, 0) is 62.4 Å². The molecule has 1 saturated heterocycles. The first-order valence-corrected chi connectivity index (χ1v) is 14.9. The van der Waals surface area contributed by atoms with Gasteiger partial charge in [-0.2, -0.15) is 19.2 Å². The van der Waals surface area contributed by atoms with Gasteiger partial charge in [0.05, 0.1) is 52.8 Å². The molecule has 1 N–H and O–H groups in total. The summed E-state index contributed by atoms with van der Waals surface area (Å²) in [6.07, 6.45) is 1.45. The fourth-order valence-electron chi connectivity index (χ4n) is 4.41. The molecule has 0 saturated carbocycles. The van der Waals surface area contributed by atoms with Crippen molar-refractivity contribution in [3.8, 4) is 23.1 Å². The summed E-state index contributed by atoms with van der Waals surface area (Å²) in [6, 6.07) is 20.2. The van der Waals surface area contributed by atoms with Crippen molar-refractivity contribution in [2.45, 2.75) is 18.7 Å². The summed E-state index contributed by atoms with van der Waals surface area (Å²) in [5, 5.41) is 20.8. The van der Waals surface area contributed by atoms with E-state index < -0.39 is 20.6 Å². The highest BCUT2D eigenvalue weighted by molar-refractivity contribution is 7.89. The average molecular weight is 607 g/mol. The number of sulfonamides is 1. The zero-order valence-electron chi connectivity index (χ0n) is 23.5. The minimum Gasteiger partial charge on any atom is -0.494 e. The molecular formula is C29H30N6O7S. The van der Waals surface area contributed by atoms with Gasteiger partial charge in [0, 0.05) is 19.2 Å². The average Bonchev–Trinajstić information content (AvgIpc) is 3.33. The number of morpholine rings is 1. The van der Waals surface area contributed by atoms with Crippen LogP contribution < -0.4 is 14.9 Å². The van der Waals surface area contributed by atoms with Gasteiger partial charge in [0.15, 0.2) is 0 Å². The molecule has 2 heterocycles. The molecule has 43 heavy (non-hydrogen) atoms. The molecule has 0 spiro atoms. The number of hydrazone groups is 1. The zero-order valence-corrected chi connectivity index (χ0v) is 24.4. The Morgan fingerprint density at radius 3 is 2.44 bits per heavy atom. The van der Waals surface area contributed by atoms with E-state index >= 15 is 0 Å². The SMILES string of the molecule is CCOc1ccc(Oc2c(/C=N/Nc3ccc(S(=O)(=O)N4CCOCC4)cc3[N+](=O)[O-])c(C)nn2-c2ccccc2)cc1. The largest absolute Gasteiger partial charge is 0.494 e. The van der Waals surface area contributed by atoms with E-state index in [9.17, 15) is 18.5 Å². The summed E-state index contributed by atoms with van der Waals surface area (Å²) >= 11 is 0. The first-order valence-electron chi connectivity index (χ1n) is 13.5. The van der Waals surface area contributed by atoms with Crippen molar-refractivity contribution in [1.29, 1.82) is 0 Å². The van der Waals surface area contributed by atoms with Gasteiger partial charge in [-0.15, -0.1) is 0 Å². The van der Waals surface area contributed by atoms with Crippen molar-refractivity contribution >= 4 is 27.6 Å². The molecule has 14 heteroatoms. The second kappa shape index (κ2) is 13.0. The fraction of sp³-hybridized carbons (Fsp3) is 0.241. The minimum absolute atomic E-state index is 0.0178. The number of nitro benzene ring substituents is 1. The Hall–Kier alpha value is -4.79. The van der Waals surface area contributed by atoms with E-state index in [0.29, 0.717) is 35.2 Å². The van der Waals surface area contributed by atoms with Crippen LogP contribution in [0.2, 0.25) is 0 Å². The summed E-state index contributed by atoms with van der Waals surface area (Å²) in [5.41, 5.74) is 4.14. The van der Waals surface area contributed by atoms with E-state index in [1.165, 1.54) is 22.7 Å². The monoisotopic (exact) mass is 606 g/mol. The van der Waals surface area contributed by atoms with Crippen LogP contribution in [-0.4, -0.2) is 66.6 Å². The normalized spacial score (nSPS) is 14.1. The number of nitro groups is 1. The predicted molar refractivity (Wildman–Crippen MR) is 160 cm³/mol. The molecule has 0 amide bonds. The second-order valence-corrected chi connectivity index (χ2v) is 11.3. The van der Waals surface area contributed by atoms with Crippen LogP contribution in [0.3, 0.4) is 0 Å². The highest BCUT2D eigenvalue weighted by atomic mass is 32.2. The summed E-state index contributed by atoms with van der Waals surface area (Å²) in [5.74, 6) is 1.62. The summed E-state index contributed by atoms with van der Waals surface area (Å²) in [4.78, 5) is 11.1. The van der Waals surface area contributed by atoms with E-state index in [2.05, 4.69) is 15.6 Å². The molecule has 224 valence electrons. The maximum atomic E-state index is 13.0. The van der Waals surface area contributed by atoms with Crippen molar-refractivity contribution < 1.29 is 27.6 Å². The van der Waals surface area contributed by atoms with E-state index in [4.69, 9.17) is 14.2 Å². The lowest BCUT2D eigenvalue weighted by Crippen LogP contribution is -2.40. The Kier molecular flexibility index (Phi) is 8.99. The number of nitrogens with one attached hydrogen (secondary N) is 1. The maximum Gasteiger partial charge on any atom is 0.295 e. The van der Waals surface area contributed by atoms with Gasteiger partial charge in [-0.3, -0.25) is 15.5 Å². The van der Waals surface area contributed by atoms with Crippen LogP contribution in [0.1, 0.15) is 18.2 Å². The third-order valence-electron chi connectivity index (χ3n) is 6.56. The van der Waals surface area contributed by atoms with Gasteiger partial charge in [0.25, 0.3) is 5.69 Å². The van der Waals surface area contributed by atoms with Crippen LogP contribution in [0.15, 0.2) is 82.8 Å². The quantitative estimate of drug-likeness (QED) is 0.145. The summed E-state index contributed by atoms with van der Waals surface area (Å²) < 4.78 is 46.0. The Balaban J connectivity index is 1.44. The van der Waals surface area contributed by atoms with Crippen LogP contribution in [0, 0.1) is 17.0 Å². The van der Waals surface area contributed by atoms with Crippen LogP contribution in [0.4, 0.5) is 11.4 Å². The highest BCUT2D eigenvalue weighted by Crippen LogP contribution is 2.32. The molecular weight excluding hydrogens is 576 g/mol. The number of hydrogen-bond acceptors (Lipinski definition) is 10. The van der Waals surface area contributed by atoms with Crippen LogP contribution in [-0.2, 0) is 14.8 Å². The maximum absolute atomic E-state index is 13.0. The Bertz CT molecular complexity index is 1720. The number of para-hydroxylation sites is 1. The molecule has 13 nitrogen and oxygen atoms in total. The molecule has 0 bridgehead atoms. The van der Waals surface area contributed by atoms with Crippen molar-refractivity contribution in [2.75, 3.05) is 38.3 Å². The first kappa shape index (κ1) is 29.7. The van der Waals surface area contributed by atoms with Gasteiger partial charge in [0.1, 0.15) is 17.2 Å². The smallest absolute Gasteiger partial charge is 0.295 e. The second-order valence-electron chi connectivity index (χ2n) is 9.38. The van der Waals surface area contributed by atoms with Gasteiger partial charge in [0.2, 0.25) is 15.9 Å². The Labute approximate surface area is 248 Å². The molecule has 0 aliphatic carbocycles. The molecule has 1 fully saturated rings. The van der Waals surface area contributed by atoms with Crippen molar-refractivity contribution in [3.05, 3.63) is 94.2 Å². The zero-order chi connectivity index (χ0) is 30.4. The number of rotatable bonds is 11. The number of anilines is 1. The van der Waals surface area contributed by atoms with Crippen molar-refractivity contribution in [2.24, 2.45) is 5.10 Å². The topological polar surface area (TPSA) is 150 Å². The van der Waals surface area contributed by atoms with Crippen LogP contribution >= 0.6 is 0 Å². The Morgan fingerprint density at radius 1 is 1.07 bits per heavy atom. The number of aromatic nitrogens is 2. The lowest BCUT2D eigenvalue weighted by Gasteiger charge is -2.26. The van der Waals surface area contributed by atoms with E-state index in [0.717, 1.165) is 11.8 Å². The van der Waals surface area contributed by atoms with E-state index in [1.54, 1.807) is 35.9 Å². The van der Waals surface area contributed by atoms with Crippen molar-refractivity contribution in [1.82, 2.24) is 14.1 Å². The van der Waals surface area contributed by atoms with E-state index in [1.807, 2.05) is 37.3 Å². The number of hydrogen-bond donors (Lipinski definition) is 1. The fourth-order valence-corrected chi connectivity index (χ4v) is 5.84. The van der Waals surface area contributed by atoms with Crippen LogP contribution in [0.25, 0.3) is 5.69 Å². The lowest BCUT2D eigenvalue weighted by atomic mass is 10.2. The van der Waals surface area contributed by atoms with E-state index in [-0.39, 0.29) is 36.9 Å². The van der Waals surface area contributed by atoms with Crippen LogP contribution in [0.5, 0.6) is 17.4 Å². The third kappa shape index (κ3) is 6.66.